The molecule has 1 heterocycles. The van der Waals surface area contributed by atoms with Gasteiger partial charge in [-0.1, -0.05) is 35.9 Å². The third kappa shape index (κ3) is 4.18. The van der Waals surface area contributed by atoms with Crippen molar-refractivity contribution in [3.63, 3.8) is 0 Å². The Balaban J connectivity index is 1.55. The van der Waals surface area contributed by atoms with Crippen molar-refractivity contribution in [1.82, 2.24) is 4.72 Å². The van der Waals surface area contributed by atoms with Crippen LogP contribution in [0, 0.1) is 0 Å². The first-order chi connectivity index (χ1) is 12.0. The number of sulfonamides is 1. The van der Waals surface area contributed by atoms with E-state index in [1.54, 1.807) is 42.5 Å². The van der Waals surface area contributed by atoms with E-state index in [1.807, 2.05) is 0 Å². The average Bonchev–Trinajstić information content (AvgIpc) is 2.86. The summed E-state index contributed by atoms with van der Waals surface area (Å²) in [6, 6.07) is 13.6. The van der Waals surface area contributed by atoms with Crippen molar-refractivity contribution in [3.8, 4) is 0 Å². The Morgan fingerprint density at radius 1 is 1.12 bits per heavy atom. The van der Waals surface area contributed by atoms with E-state index in [9.17, 15) is 13.2 Å². The van der Waals surface area contributed by atoms with Crippen molar-refractivity contribution in [2.75, 3.05) is 6.54 Å². The van der Waals surface area contributed by atoms with Crippen LogP contribution in [-0.4, -0.2) is 26.8 Å². The first-order valence-electron chi connectivity index (χ1n) is 7.52. The maximum atomic E-state index is 12.0. The molecule has 0 aliphatic carbocycles. The van der Waals surface area contributed by atoms with Gasteiger partial charge in [-0.25, -0.2) is 8.42 Å². The molecule has 2 aromatic carbocycles. The molecule has 3 rings (SSSR count). The second kappa shape index (κ2) is 7.25. The van der Waals surface area contributed by atoms with Crippen LogP contribution in [0.3, 0.4) is 0 Å². The molecule has 0 fully saturated rings. The summed E-state index contributed by atoms with van der Waals surface area (Å²) in [5.41, 5.74) is 1.35. The molecule has 0 radical (unpaired) electrons. The number of carbonyl (C=O) groups is 1. The molecular formula is C17H15ClN2O4S. The van der Waals surface area contributed by atoms with Crippen molar-refractivity contribution in [2.24, 2.45) is 4.99 Å². The van der Waals surface area contributed by atoms with Crippen LogP contribution in [0.25, 0.3) is 0 Å². The molecule has 1 aliphatic rings. The normalized spacial score (nSPS) is 16.3. The van der Waals surface area contributed by atoms with Crippen LogP contribution < -0.4 is 4.72 Å². The zero-order chi connectivity index (χ0) is 17.9. The van der Waals surface area contributed by atoms with Gasteiger partial charge in [0.15, 0.2) is 0 Å². The summed E-state index contributed by atoms with van der Waals surface area (Å²) in [6.45, 7) is 0.285. The smallest absolute Gasteiger partial charge is 0.308 e. The number of hydrogen-bond donors (Lipinski definition) is 1. The summed E-state index contributed by atoms with van der Waals surface area (Å²) in [6.07, 6.45) is 0.0565. The summed E-state index contributed by atoms with van der Waals surface area (Å²) in [5.74, 6) is -0.158. The lowest BCUT2D eigenvalue weighted by Gasteiger charge is -2.04. The summed E-state index contributed by atoms with van der Waals surface area (Å²) in [5, 5.41) is 0.616. The first-order valence-corrected chi connectivity index (χ1v) is 9.38. The Kier molecular flexibility index (Phi) is 5.06. The fourth-order valence-electron chi connectivity index (χ4n) is 2.33. The van der Waals surface area contributed by atoms with E-state index >= 15 is 0 Å². The molecule has 1 aliphatic heterocycles. The molecule has 0 aromatic heterocycles. The minimum Gasteiger partial charge on any atom is -0.461 e. The summed E-state index contributed by atoms with van der Waals surface area (Å²) in [7, 11) is -3.56. The Hall–Kier alpha value is -2.38. The molecule has 0 atom stereocenters. The van der Waals surface area contributed by atoms with Gasteiger partial charge < -0.3 is 4.74 Å². The number of nitrogens with one attached hydrogen (secondary N) is 1. The monoisotopic (exact) mass is 378 g/mol. The average molecular weight is 379 g/mol. The number of halogens is 1. The van der Waals surface area contributed by atoms with Gasteiger partial charge in [0.1, 0.15) is 12.4 Å². The van der Waals surface area contributed by atoms with Crippen molar-refractivity contribution in [2.45, 2.75) is 17.9 Å². The van der Waals surface area contributed by atoms with Gasteiger partial charge in [0.05, 0.1) is 17.9 Å². The van der Waals surface area contributed by atoms with Crippen LogP contribution in [0.4, 0.5) is 0 Å². The van der Waals surface area contributed by atoms with Crippen LogP contribution >= 0.6 is 11.6 Å². The molecule has 2 aromatic rings. The van der Waals surface area contributed by atoms with Gasteiger partial charge in [-0.3, -0.25) is 14.5 Å². The fraction of sp³-hybridized carbons (Fsp3) is 0.176. The molecule has 8 heteroatoms. The zero-order valence-electron chi connectivity index (χ0n) is 13.1. The highest BCUT2D eigenvalue weighted by atomic mass is 35.5. The van der Waals surface area contributed by atoms with Gasteiger partial charge in [-0.15, -0.1) is 0 Å². The van der Waals surface area contributed by atoms with E-state index in [0.29, 0.717) is 10.6 Å². The van der Waals surface area contributed by atoms with E-state index in [4.69, 9.17) is 16.3 Å². The third-order valence-electron chi connectivity index (χ3n) is 3.56. The number of benzene rings is 2. The van der Waals surface area contributed by atoms with Crippen LogP contribution in [0.2, 0.25) is 5.02 Å². The SMILES string of the molecule is O=C(CCN=C1NS(=O)(=O)c2ccccc21)OCc1ccc(Cl)cc1. The van der Waals surface area contributed by atoms with Gasteiger partial charge in [0.25, 0.3) is 10.0 Å². The zero-order valence-corrected chi connectivity index (χ0v) is 14.7. The number of ether oxygens (including phenoxy) is 1. The molecule has 0 saturated heterocycles. The van der Waals surface area contributed by atoms with Crippen molar-refractivity contribution < 1.29 is 17.9 Å². The van der Waals surface area contributed by atoms with Gasteiger partial charge >= 0.3 is 5.97 Å². The Morgan fingerprint density at radius 3 is 2.60 bits per heavy atom. The number of nitrogens with zero attached hydrogens (tertiary/aromatic N) is 1. The Labute approximate surface area is 150 Å². The highest BCUT2D eigenvalue weighted by Crippen LogP contribution is 2.22. The van der Waals surface area contributed by atoms with Gasteiger partial charge in [0, 0.05) is 10.6 Å². The summed E-state index contributed by atoms with van der Waals surface area (Å²) >= 11 is 5.79. The maximum Gasteiger partial charge on any atom is 0.308 e. The molecule has 25 heavy (non-hydrogen) atoms. The lowest BCUT2D eigenvalue weighted by molar-refractivity contribution is -0.144. The minimum absolute atomic E-state index is 0.0565. The predicted molar refractivity (Wildman–Crippen MR) is 94.0 cm³/mol. The summed E-state index contributed by atoms with van der Waals surface area (Å²) < 4.78 is 31.4. The molecule has 130 valence electrons. The largest absolute Gasteiger partial charge is 0.461 e. The number of fused-ring (bicyclic) bond motifs is 1. The van der Waals surface area contributed by atoms with Gasteiger partial charge in [0.2, 0.25) is 0 Å². The number of aliphatic imine (C=N–C) groups is 1. The van der Waals surface area contributed by atoms with Crippen molar-refractivity contribution in [3.05, 3.63) is 64.7 Å². The van der Waals surface area contributed by atoms with Gasteiger partial charge in [-0.2, -0.15) is 0 Å². The van der Waals surface area contributed by atoms with Crippen LogP contribution in [0.1, 0.15) is 17.5 Å². The van der Waals surface area contributed by atoms with E-state index < -0.39 is 16.0 Å². The number of hydrogen-bond acceptors (Lipinski definition) is 5. The number of rotatable bonds is 5. The quantitative estimate of drug-likeness (QED) is 0.810. The molecule has 0 spiro atoms. The number of carbonyl (C=O) groups excluding carboxylic acids is 1. The van der Waals surface area contributed by atoms with Crippen LogP contribution in [0.5, 0.6) is 0 Å². The van der Waals surface area contributed by atoms with E-state index in [0.717, 1.165) is 5.56 Å². The Morgan fingerprint density at radius 2 is 1.84 bits per heavy atom. The Bertz CT molecular complexity index is 924. The number of amidine groups is 1. The standard InChI is InChI=1S/C17H15ClN2O4S/c18-13-7-5-12(6-8-13)11-24-16(21)9-10-19-17-14-3-1-2-4-15(14)25(22,23)20-17/h1-8H,9-11H2,(H,19,20). The van der Waals surface area contributed by atoms with Crippen molar-refractivity contribution >= 4 is 33.4 Å². The lowest BCUT2D eigenvalue weighted by atomic mass is 10.2. The maximum absolute atomic E-state index is 12.0. The first kappa shape index (κ1) is 17.4. The molecule has 0 bridgehead atoms. The second-order valence-electron chi connectivity index (χ2n) is 5.37. The van der Waals surface area contributed by atoms with Gasteiger partial charge in [-0.05, 0) is 29.8 Å². The highest BCUT2D eigenvalue weighted by Gasteiger charge is 2.29. The molecule has 0 amide bonds. The molecule has 0 unspecified atom stereocenters. The summed E-state index contributed by atoms with van der Waals surface area (Å²) in [4.78, 5) is 16.1. The predicted octanol–water partition coefficient (Wildman–Crippen LogP) is 2.51. The topological polar surface area (TPSA) is 84.8 Å². The molecule has 1 N–H and O–H groups in total. The highest BCUT2D eigenvalue weighted by molar-refractivity contribution is 7.90. The third-order valence-corrected chi connectivity index (χ3v) is 5.21. The fourth-order valence-corrected chi connectivity index (χ4v) is 3.70. The van der Waals surface area contributed by atoms with Crippen LogP contribution in [0.15, 0.2) is 58.4 Å². The van der Waals surface area contributed by atoms with E-state index in [1.165, 1.54) is 6.07 Å². The van der Waals surface area contributed by atoms with Crippen molar-refractivity contribution in [1.29, 1.82) is 0 Å². The second-order valence-corrected chi connectivity index (χ2v) is 7.46. The molecular weight excluding hydrogens is 364 g/mol. The molecule has 0 saturated carbocycles. The minimum atomic E-state index is -3.56. The van der Waals surface area contributed by atoms with E-state index in [-0.39, 0.29) is 30.3 Å². The molecule has 6 nitrogen and oxygen atoms in total. The van der Waals surface area contributed by atoms with Crippen LogP contribution in [-0.2, 0) is 26.2 Å². The number of esters is 1. The lowest BCUT2D eigenvalue weighted by Crippen LogP contribution is -2.22. The van der Waals surface area contributed by atoms with E-state index in [2.05, 4.69) is 9.71 Å².